The van der Waals surface area contributed by atoms with Gasteiger partial charge in [-0.15, -0.1) is 0 Å². The lowest BCUT2D eigenvalue weighted by Crippen LogP contribution is -2.41. The fourth-order valence-corrected chi connectivity index (χ4v) is 4.42. The Morgan fingerprint density at radius 1 is 0.969 bits per heavy atom. The summed E-state index contributed by atoms with van der Waals surface area (Å²) in [5.74, 6) is 0.698. The van der Waals surface area contributed by atoms with E-state index in [0.717, 1.165) is 50.1 Å². The van der Waals surface area contributed by atoms with E-state index in [9.17, 15) is 4.79 Å². The Labute approximate surface area is 191 Å². The van der Waals surface area contributed by atoms with Crippen molar-refractivity contribution >= 4 is 5.91 Å². The molecule has 4 rings (SSSR count). The molecule has 0 bridgehead atoms. The Morgan fingerprint density at radius 2 is 1.75 bits per heavy atom. The number of hydrogen-bond donors (Lipinski definition) is 0. The highest BCUT2D eigenvalue weighted by atomic mass is 16.2. The predicted molar refractivity (Wildman–Crippen MR) is 127 cm³/mol. The minimum absolute atomic E-state index is 0.169. The molecule has 1 aliphatic heterocycles. The van der Waals surface area contributed by atoms with Crippen molar-refractivity contribution in [2.24, 2.45) is 5.92 Å². The van der Waals surface area contributed by atoms with Gasteiger partial charge in [-0.3, -0.25) is 19.7 Å². The van der Waals surface area contributed by atoms with Crippen molar-refractivity contribution in [1.29, 1.82) is 0 Å². The van der Waals surface area contributed by atoms with Crippen molar-refractivity contribution in [1.82, 2.24) is 19.8 Å². The van der Waals surface area contributed by atoms with Crippen LogP contribution in [0.5, 0.6) is 0 Å². The van der Waals surface area contributed by atoms with E-state index < -0.39 is 0 Å². The largest absolute Gasteiger partial charge is 0.338 e. The summed E-state index contributed by atoms with van der Waals surface area (Å²) in [5.41, 5.74) is 4.86. The van der Waals surface area contributed by atoms with Gasteiger partial charge in [-0.05, 0) is 79.2 Å². The van der Waals surface area contributed by atoms with Crippen LogP contribution in [0.25, 0.3) is 0 Å². The molecule has 166 valence electrons. The fourth-order valence-electron chi connectivity index (χ4n) is 4.42. The van der Waals surface area contributed by atoms with Crippen LogP contribution in [0.15, 0.2) is 73.3 Å². The lowest BCUT2D eigenvalue weighted by atomic mass is 9.95. The minimum Gasteiger partial charge on any atom is -0.338 e. The van der Waals surface area contributed by atoms with Crippen LogP contribution in [0.4, 0.5) is 0 Å². The Hall–Kier alpha value is -3.05. The van der Waals surface area contributed by atoms with Crippen LogP contribution in [0.3, 0.4) is 0 Å². The van der Waals surface area contributed by atoms with Crippen LogP contribution >= 0.6 is 0 Å². The maximum atomic E-state index is 13.2. The van der Waals surface area contributed by atoms with Gasteiger partial charge in [0.1, 0.15) is 0 Å². The van der Waals surface area contributed by atoms with Gasteiger partial charge in [-0.25, -0.2) is 0 Å². The second-order valence-corrected chi connectivity index (χ2v) is 8.81. The normalized spacial score (nSPS) is 14.9. The molecule has 3 heterocycles. The average molecular weight is 429 g/mol. The van der Waals surface area contributed by atoms with E-state index in [4.69, 9.17) is 0 Å². The molecule has 0 unspecified atom stereocenters. The quantitative estimate of drug-likeness (QED) is 0.538. The van der Waals surface area contributed by atoms with Gasteiger partial charge in [-0.1, -0.05) is 30.3 Å². The molecule has 0 spiro atoms. The molecule has 0 N–H and O–H groups in total. The zero-order valence-corrected chi connectivity index (χ0v) is 18.9. The van der Waals surface area contributed by atoms with E-state index in [-0.39, 0.29) is 5.91 Å². The number of rotatable bonds is 8. The third kappa shape index (κ3) is 6.24. The van der Waals surface area contributed by atoms with E-state index >= 15 is 0 Å². The number of aryl methyl sites for hydroxylation is 1. The van der Waals surface area contributed by atoms with Gasteiger partial charge in [0.15, 0.2) is 0 Å². The first-order valence-electron chi connectivity index (χ1n) is 11.5. The highest BCUT2D eigenvalue weighted by Gasteiger charge is 2.24. The topological polar surface area (TPSA) is 49.3 Å². The van der Waals surface area contributed by atoms with Gasteiger partial charge in [0.2, 0.25) is 5.91 Å². The number of nitrogens with zero attached hydrogens (tertiary/aromatic N) is 4. The number of aromatic nitrogens is 2. The number of pyridine rings is 2. The number of piperidine rings is 1. The predicted octanol–water partition coefficient (Wildman–Crippen LogP) is 4.27. The van der Waals surface area contributed by atoms with Crippen molar-refractivity contribution in [3.05, 3.63) is 95.6 Å². The summed E-state index contributed by atoms with van der Waals surface area (Å²) in [4.78, 5) is 26.1. The van der Waals surface area contributed by atoms with Gasteiger partial charge in [0.25, 0.3) is 0 Å². The summed E-state index contributed by atoms with van der Waals surface area (Å²) in [6, 6.07) is 16.5. The highest BCUT2D eigenvalue weighted by molar-refractivity contribution is 5.78. The molecule has 1 saturated heterocycles. The van der Waals surface area contributed by atoms with Gasteiger partial charge in [0.05, 0.1) is 6.42 Å². The van der Waals surface area contributed by atoms with Crippen molar-refractivity contribution in [3.8, 4) is 0 Å². The number of carbonyl (C=O) groups is 1. The third-order valence-electron chi connectivity index (χ3n) is 6.39. The molecule has 5 nitrogen and oxygen atoms in total. The number of hydrogen-bond acceptors (Lipinski definition) is 4. The van der Waals surface area contributed by atoms with E-state index in [2.05, 4.69) is 46.1 Å². The SMILES string of the molecule is Cc1ccccc1CN1CCC(CN(Cc2cccnc2)C(=O)Cc2ccncc2)CC1. The van der Waals surface area contributed by atoms with Crippen LogP contribution in [0, 0.1) is 12.8 Å². The van der Waals surface area contributed by atoms with Crippen LogP contribution in [0.2, 0.25) is 0 Å². The van der Waals surface area contributed by atoms with Gasteiger partial charge in [-0.2, -0.15) is 0 Å². The first kappa shape index (κ1) is 22.2. The van der Waals surface area contributed by atoms with Crippen molar-refractivity contribution in [2.45, 2.75) is 39.3 Å². The smallest absolute Gasteiger partial charge is 0.227 e. The first-order chi connectivity index (χ1) is 15.7. The molecule has 1 aliphatic rings. The minimum atomic E-state index is 0.169. The number of amides is 1. The number of likely N-dealkylation sites (tertiary alicyclic amines) is 1. The average Bonchev–Trinajstić information content (AvgIpc) is 2.82. The molecule has 1 amide bonds. The molecule has 3 aromatic rings. The summed E-state index contributed by atoms with van der Waals surface area (Å²) >= 11 is 0. The molecule has 5 heteroatoms. The molecular formula is C27H32N4O. The van der Waals surface area contributed by atoms with E-state index in [0.29, 0.717) is 18.9 Å². The Morgan fingerprint density at radius 3 is 2.47 bits per heavy atom. The molecule has 1 aromatic carbocycles. The van der Waals surface area contributed by atoms with Crippen molar-refractivity contribution in [3.63, 3.8) is 0 Å². The number of carbonyl (C=O) groups excluding carboxylic acids is 1. The second-order valence-electron chi connectivity index (χ2n) is 8.81. The van der Waals surface area contributed by atoms with E-state index in [1.165, 1.54) is 11.1 Å². The third-order valence-corrected chi connectivity index (χ3v) is 6.39. The Balaban J connectivity index is 1.36. The first-order valence-corrected chi connectivity index (χ1v) is 11.5. The van der Waals surface area contributed by atoms with Crippen LogP contribution in [-0.2, 0) is 24.3 Å². The molecule has 32 heavy (non-hydrogen) atoms. The summed E-state index contributed by atoms with van der Waals surface area (Å²) in [6.45, 7) is 6.78. The lowest BCUT2D eigenvalue weighted by Gasteiger charge is -2.35. The fraction of sp³-hybridized carbons (Fsp3) is 0.370. The van der Waals surface area contributed by atoms with Crippen LogP contribution in [-0.4, -0.2) is 45.3 Å². The molecule has 0 aliphatic carbocycles. The molecule has 0 radical (unpaired) electrons. The summed E-state index contributed by atoms with van der Waals surface area (Å²) < 4.78 is 0. The maximum absolute atomic E-state index is 13.2. The molecule has 0 saturated carbocycles. The van der Waals surface area contributed by atoms with Crippen molar-refractivity contribution < 1.29 is 4.79 Å². The Bertz CT molecular complexity index is 985. The summed E-state index contributed by atoms with van der Waals surface area (Å²) in [7, 11) is 0. The highest BCUT2D eigenvalue weighted by Crippen LogP contribution is 2.22. The van der Waals surface area contributed by atoms with Crippen molar-refractivity contribution in [2.75, 3.05) is 19.6 Å². The molecule has 0 atom stereocenters. The van der Waals surface area contributed by atoms with Gasteiger partial charge in [0, 0.05) is 44.4 Å². The zero-order valence-electron chi connectivity index (χ0n) is 18.9. The summed E-state index contributed by atoms with van der Waals surface area (Å²) in [6.07, 6.45) is 9.79. The molecular weight excluding hydrogens is 396 g/mol. The monoisotopic (exact) mass is 428 g/mol. The number of benzene rings is 1. The van der Waals surface area contributed by atoms with Gasteiger partial charge >= 0.3 is 0 Å². The van der Waals surface area contributed by atoms with E-state index in [1.54, 1.807) is 18.6 Å². The second kappa shape index (κ2) is 11.0. The van der Waals surface area contributed by atoms with Gasteiger partial charge < -0.3 is 4.90 Å². The molecule has 1 fully saturated rings. The lowest BCUT2D eigenvalue weighted by molar-refractivity contribution is -0.132. The molecule has 2 aromatic heterocycles. The maximum Gasteiger partial charge on any atom is 0.227 e. The zero-order chi connectivity index (χ0) is 22.2. The standard InChI is InChI=1S/C27H32N4O/c1-22-5-2-3-7-26(22)21-30-15-10-24(11-16-30)19-31(20-25-6-4-12-29-18-25)27(32)17-23-8-13-28-14-9-23/h2-9,12-14,18,24H,10-11,15-17,19-21H2,1H3. The van der Waals surface area contributed by atoms with Crippen LogP contribution in [0.1, 0.15) is 35.1 Å². The van der Waals surface area contributed by atoms with Crippen LogP contribution < -0.4 is 0 Å². The summed E-state index contributed by atoms with van der Waals surface area (Å²) in [5, 5.41) is 0. The Kier molecular flexibility index (Phi) is 7.62. The van der Waals surface area contributed by atoms with E-state index in [1.807, 2.05) is 35.4 Å².